The number of aliphatic carboxylic acids is 1. The number of carboxylic acid groups (broad SMARTS) is 1. The Hall–Kier alpha value is -1.81. The lowest BCUT2D eigenvalue weighted by atomic mass is 10.0. The molecule has 0 aromatic heterocycles. The average Bonchev–Trinajstić information content (AvgIpc) is 2.60. The second-order valence-electron chi connectivity index (χ2n) is 7.36. The lowest BCUT2D eigenvalue weighted by Gasteiger charge is -2.26. The van der Waals surface area contributed by atoms with Crippen molar-refractivity contribution in [3.05, 3.63) is 0 Å². The third-order valence-corrected chi connectivity index (χ3v) is 4.66. The van der Waals surface area contributed by atoms with Gasteiger partial charge in [0, 0.05) is 0 Å². The predicted octanol–water partition coefficient (Wildman–Crippen LogP) is -0.0607. The summed E-state index contributed by atoms with van der Waals surface area (Å²) >= 11 is 1.51. The van der Waals surface area contributed by atoms with Gasteiger partial charge >= 0.3 is 5.97 Å². The van der Waals surface area contributed by atoms with Crippen molar-refractivity contribution in [3.8, 4) is 0 Å². The van der Waals surface area contributed by atoms with Crippen LogP contribution in [0.25, 0.3) is 0 Å². The van der Waals surface area contributed by atoms with E-state index in [1.165, 1.54) is 11.8 Å². The van der Waals surface area contributed by atoms with Gasteiger partial charge in [0.15, 0.2) is 0 Å². The van der Waals surface area contributed by atoms with Gasteiger partial charge in [0.2, 0.25) is 17.7 Å². The van der Waals surface area contributed by atoms with Crippen LogP contribution in [0.15, 0.2) is 0 Å². The highest BCUT2D eigenvalue weighted by Gasteiger charge is 2.30. The second-order valence-corrected chi connectivity index (χ2v) is 8.35. The van der Waals surface area contributed by atoms with Gasteiger partial charge in [-0.1, -0.05) is 27.7 Å². The van der Waals surface area contributed by atoms with Crippen LogP contribution < -0.4 is 21.7 Å². The molecule has 10 heteroatoms. The Morgan fingerprint density at radius 3 is 1.96 bits per heavy atom. The van der Waals surface area contributed by atoms with Gasteiger partial charge < -0.3 is 26.8 Å². The molecule has 0 aliphatic heterocycles. The highest BCUT2D eigenvalue weighted by molar-refractivity contribution is 7.98. The fourth-order valence-electron chi connectivity index (χ4n) is 2.50. The lowest BCUT2D eigenvalue weighted by Crippen LogP contribution is -2.57. The van der Waals surface area contributed by atoms with Crippen LogP contribution >= 0.6 is 11.8 Å². The molecule has 0 fully saturated rings. The Morgan fingerprint density at radius 1 is 0.964 bits per heavy atom. The van der Waals surface area contributed by atoms with Crippen molar-refractivity contribution in [2.24, 2.45) is 17.6 Å². The van der Waals surface area contributed by atoms with Gasteiger partial charge in [-0.15, -0.1) is 0 Å². The van der Waals surface area contributed by atoms with Gasteiger partial charge in [-0.2, -0.15) is 11.8 Å². The number of nitrogens with two attached hydrogens (primary N) is 1. The smallest absolute Gasteiger partial charge is 0.326 e. The maximum atomic E-state index is 12.7. The van der Waals surface area contributed by atoms with E-state index in [4.69, 9.17) is 5.73 Å². The molecule has 9 nitrogen and oxygen atoms in total. The van der Waals surface area contributed by atoms with E-state index >= 15 is 0 Å². The maximum Gasteiger partial charge on any atom is 0.326 e. The van der Waals surface area contributed by atoms with E-state index in [1.807, 2.05) is 20.1 Å². The predicted molar refractivity (Wildman–Crippen MR) is 110 cm³/mol. The molecule has 28 heavy (non-hydrogen) atoms. The van der Waals surface area contributed by atoms with Gasteiger partial charge in [0.25, 0.3) is 0 Å². The summed E-state index contributed by atoms with van der Waals surface area (Å²) in [5, 5.41) is 17.0. The third kappa shape index (κ3) is 9.93. The summed E-state index contributed by atoms with van der Waals surface area (Å²) in [6, 6.07) is -2.77. The van der Waals surface area contributed by atoms with E-state index in [2.05, 4.69) is 16.0 Å². The summed E-state index contributed by atoms with van der Waals surface area (Å²) in [6.45, 7) is 6.96. The number of thioether (sulfide) groups is 1. The molecule has 0 heterocycles. The van der Waals surface area contributed by atoms with Crippen molar-refractivity contribution in [1.29, 1.82) is 0 Å². The Balaban J connectivity index is 5.29. The molecule has 0 aliphatic carbocycles. The number of hydrogen-bond acceptors (Lipinski definition) is 6. The number of amides is 3. The number of nitrogens with one attached hydrogen (secondary N) is 3. The summed E-state index contributed by atoms with van der Waals surface area (Å²) in [4.78, 5) is 48.3. The number of carboxylic acids is 1. The normalized spacial score (nSPS) is 14.3. The minimum Gasteiger partial charge on any atom is -0.480 e. The molecule has 0 aromatic rings. The molecular weight excluding hydrogens is 384 g/mol. The molecule has 0 radical (unpaired) electrons. The fraction of sp³-hybridized carbons (Fsp3) is 0.778. The quantitative estimate of drug-likeness (QED) is 0.281. The van der Waals surface area contributed by atoms with E-state index in [-0.39, 0.29) is 18.4 Å². The van der Waals surface area contributed by atoms with Gasteiger partial charge in [-0.3, -0.25) is 14.4 Å². The van der Waals surface area contributed by atoms with Crippen LogP contribution in [-0.2, 0) is 19.2 Å². The van der Waals surface area contributed by atoms with Crippen LogP contribution in [0.2, 0.25) is 0 Å². The number of carbonyl (C=O) groups excluding carboxylic acids is 3. The summed E-state index contributed by atoms with van der Waals surface area (Å²) < 4.78 is 0. The van der Waals surface area contributed by atoms with Crippen LogP contribution in [-0.4, -0.2) is 65.5 Å². The van der Waals surface area contributed by atoms with Crippen LogP contribution in [0, 0.1) is 11.8 Å². The van der Waals surface area contributed by atoms with Crippen LogP contribution in [0.1, 0.15) is 40.5 Å². The molecule has 3 amide bonds. The third-order valence-electron chi connectivity index (χ3n) is 4.02. The van der Waals surface area contributed by atoms with Gasteiger partial charge in [-0.05, 0) is 36.7 Å². The molecule has 3 atom stereocenters. The Kier molecular flexibility index (Phi) is 12.5. The van der Waals surface area contributed by atoms with Gasteiger partial charge in [-0.25, -0.2) is 4.79 Å². The molecule has 0 saturated heterocycles. The average molecular weight is 419 g/mol. The first-order valence-electron chi connectivity index (χ1n) is 9.35. The zero-order valence-corrected chi connectivity index (χ0v) is 18.1. The van der Waals surface area contributed by atoms with E-state index in [9.17, 15) is 24.3 Å². The molecule has 0 saturated carbocycles. The van der Waals surface area contributed by atoms with Crippen molar-refractivity contribution in [1.82, 2.24) is 16.0 Å². The summed E-state index contributed by atoms with van der Waals surface area (Å²) in [5.74, 6) is -2.23. The number of rotatable bonds is 13. The van der Waals surface area contributed by atoms with E-state index in [1.54, 1.807) is 13.8 Å². The molecule has 0 bridgehead atoms. The Bertz CT molecular complexity index is 542. The van der Waals surface area contributed by atoms with E-state index < -0.39 is 41.8 Å². The minimum absolute atomic E-state index is 0.129. The summed E-state index contributed by atoms with van der Waals surface area (Å²) in [6.07, 6.45) is 2.59. The largest absolute Gasteiger partial charge is 0.480 e. The van der Waals surface area contributed by atoms with Crippen LogP contribution in [0.3, 0.4) is 0 Å². The molecule has 3 unspecified atom stereocenters. The first kappa shape index (κ1) is 26.2. The highest BCUT2D eigenvalue weighted by atomic mass is 32.2. The molecular formula is C18H34N4O5S. The molecule has 162 valence electrons. The zero-order chi connectivity index (χ0) is 21.9. The number of carbonyl (C=O) groups is 4. The SMILES string of the molecule is CSCCC(NC(=O)C(CC(C)C)NC(=O)CN)C(=O)NC(C(=O)O)C(C)C. The Morgan fingerprint density at radius 2 is 1.54 bits per heavy atom. The molecule has 0 aromatic carbocycles. The van der Waals surface area contributed by atoms with Crippen molar-refractivity contribution < 1.29 is 24.3 Å². The van der Waals surface area contributed by atoms with Crippen LogP contribution in [0.4, 0.5) is 0 Å². The van der Waals surface area contributed by atoms with Crippen molar-refractivity contribution >= 4 is 35.5 Å². The first-order valence-corrected chi connectivity index (χ1v) is 10.7. The number of hydrogen-bond donors (Lipinski definition) is 5. The zero-order valence-electron chi connectivity index (χ0n) is 17.3. The first-order chi connectivity index (χ1) is 13.0. The van der Waals surface area contributed by atoms with Crippen molar-refractivity contribution in [2.45, 2.75) is 58.7 Å². The van der Waals surface area contributed by atoms with E-state index in [0.29, 0.717) is 18.6 Å². The van der Waals surface area contributed by atoms with Crippen molar-refractivity contribution in [3.63, 3.8) is 0 Å². The lowest BCUT2D eigenvalue weighted by molar-refractivity contribution is -0.143. The molecule has 6 N–H and O–H groups in total. The van der Waals surface area contributed by atoms with Crippen molar-refractivity contribution in [2.75, 3.05) is 18.6 Å². The molecule has 0 rings (SSSR count). The highest BCUT2D eigenvalue weighted by Crippen LogP contribution is 2.09. The Labute approximate surface area is 170 Å². The maximum absolute atomic E-state index is 12.7. The summed E-state index contributed by atoms with van der Waals surface area (Å²) in [5.41, 5.74) is 5.31. The minimum atomic E-state index is -1.13. The monoisotopic (exact) mass is 418 g/mol. The summed E-state index contributed by atoms with van der Waals surface area (Å²) in [7, 11) is 0. The topological polar surface area (TPSA) is 151 Å². The van der Waals surface area contributed by atoms with Crippen LogP contribution in [0.5, 0.6) is 0 Å². The molecule has 0 spiro atoms. The standard InChI is InChI=1S/C18H34N4O5S/c1-10(2)8-13(20-14(23)9-19)17(25)21-12(6-7-28-5)16(24)22-15(11(3)4)18(26)27/h10-13,15H,6-9,19H2,1-5H3,(H,20,23)(H,21,25)(H,22,24)(H,26,27). The second kappa shape index (κ2) is 13.4. The van der Waals surface area contributed by atoms with Gasteiger partial charge in [0.1, 0.15) is 18.1 Å². The molecule has 0 aliphatic rings. The van der Waals surface area contributed by atoms with Gasteiger partial charge in [0.05, 0.1) is 6.54 Å². The fourth-order valence-corrected chi connectivity index (χ4v) is 2.97. The van der Waals surface area contributed by atoms with E-state index in [0.717, 1.165) is 0 Å².